The number of anilines is 3. The summed E-state index contributed by atoms with van der Waals surface area (Å²) in [5.41, 5.74) is 14.7. The van der Waals surface area contributed by atoms with E-state index in [1.807, 2.05) is 0 Å². The molecule has 0 saturated heterocycles. The van der Waals surface area contributed by atoms with Crippen LogP contribution in [0.3, 0.4) is 0 Å². The van der Waals surface area contributed by atoms with Crippen molar-refractivity contribution in [2.24, 2.45) is 0 Å². The molecule has 10 aromatic rings. The molecule has 9 aromatic carbocycles. The highest BCUT2D eigenvalue weighted by atomic mass is 16.3. The summed E-state index contributed by atoms with van der Waals surface area (Å²) in [6, 6.07) is 75.8. The van der Waals surface area contributed by atoms with Gasteiger partial charge in [-0.25, -0.2) is 0 Å². The lowest BCUT2D eigenvalue weighted by molar-refractivity contribution is 0.669. The van der Waals surface area contributed by atoms with Crippen molar-refractivity contribution in [2.45, 2.75) is 0 Å². The third kappa shape index (κ3) is 5.81. The molecule has 0 spiro atoms. The Balaban J connectivity index is 0.937. The summed E-state index contributed by atoms with van der Waals surface area (Å²) in [4.78, 5) is 2.34. The van der Waals surface area contributed by atoms with Gasteiger partial charge in [-0.2, -0.15) is 0 Å². The van der Waals surface area contributed by atoms with Gasteiger partial charge in [0.05, 0.1) is 5.69 Å². The SMILES string of the molecule is c1ccc(-c2ccc3oc4ccc(-c5cccc(-c6ccc(-c7ccc(N(c8ccccc8)c8cccc9ccccc89)cc7)cc6)c5)cc4c3c2)cc1. The molecule has 2 heteroatoms. The molecule has 2 nitrogen and oxygen atoms in total. The molecule has 0 N–H and O–H groups in total. The maximum Gasteiger partial charge on any atom is 0.135 e. The van der Waals surface area contributed by atoms with Crippen LogP contribution in [-0.4, -0.2) is 0 Å². The number of fused-ring (bicyclic) bond motifs is 4. The van der Waals surface area contributed by atoms with Crippen molar-refractivity contribution in [3.05, 3.63) is 212 Å². The normalized spacial score (nSPS) is 11.3. The molecule has 1 aromatic heterocycles. The third-order valence-corrected chi connectivity index (χ3v) is 10.5. The van der Waals surface area contributed by atoms with Crippen LogP contribution in [-0.2, 0) is 0 Å². The van der Waals surface area contributed by atoms with Gasteiger partial charge in [-0.15, -0.1) is 0 Å². The van der Waals surface area contributed by atoms with Gasteiger partial charge in [0, 0.05) is 27.5 Å². The van der Waals surface area contributed by atoms with Gasteiger partial charge in [0.2, 0.25) is 0 Å². The Morgan fingerprint density at radius 3 is 1.39 bits per heavy atom. The fraction of sp³-hybridized carbons (Fsp3) is 0. The van der Waals surface area contributed by atoms with Crippen molar-refractivity contribution < 1.29 is 4.42 Å². The van der Waals surface area contributed by atoms with Gasteiger partial charge < -0.3 is 9.32 Å². The Bertz CT molecular complexity index is 2900. The molecule has 0 saturated carbocycles. The largest absolute Gasteiger partial charge is 0.456 e. The second-order valence-corrected chi connectivity index (χ2v) is 13.8. The first-order valence-corrected chi connectivity index (χ1v) is 18.4. The number of para-hydroxylation sites is 1. The van der Waals surface area contributed by atoms with Gasteiger partial charge in [0.25, 0.3) is 0 Å². The van der Waals surface area contributed by atoms with Crippen LogP contribution in [0.4, 0.5) is 17.1 Å². The standard InChI is InChI=1S/C52H35NO/c1-3-11-36(12-4-1)43-27-31-51-48(34-43)49-35-44(28-32-52(49)54-51)42-16-9-15-41(33-42)39-23-21-37(22-24-39)38-25-29-46(30-26-38)53(45-17-5-2-6-18-45)50-20-10-14-40-13-7-8-19-47(40)50/h1-35H. The Morgan fingerprint density at radius 2 is 0.704 bits per heavy atom. The molecule has 10 rings (SSSR count). The van der Waals surface area contributed by atoms with E-state index in [4.69, 9.17) is 4.42 Å². The zero-order valence-corrected chi connectivity index (χ0v) is 29.6. The first kappa shape index (κ1) is 31.6. The van der Waals surface area contributed by atoms with Gasteiger partial charge in [-0.1, -0.05) is 152 Å². The summed E-state index contributed by atoms with van der Waals surface area (Å²) < 4.78 is 6.25. The highest BCUT2D eigenvalue weighted by molar-refractivity contribution is 6.07. The molecular weight excluding hydrogens is 655 g/mol. The number of hydrogen-bond acceptors (Lipinski definition) is 2. The van der Waals surface area contributed by atoms with Crippen LogP contribution < -0.4 is 4.90 Å². The molecule has 254 valence electrons. The highest BCUT2D eigenvalue weighted by Crippen LogP contribution is 2.40. The lowest BCUT2D eigenvalue weighted by Gasteiger charge is -2.27. The number of benzene rings is 9. The van der Waals surface area contributed by atoms with Gasteiger partial charge in [0.1, 0.15) is 11.2 Å². The van der Waals surface area contributed by atoms with E-state index >= 15 is 0 Å². The molecule has 0 atom stereocenters. The zero-order chi connectivity index (χ0) is 35.8. The molecule has 0 aliphatic carbocycles. The van der Waals surface area contributed by atoms with E-state index in [-0.39, 0.29) is 0 Å². The molecule has 0 aliphatic rings. The predicted molar refractivity (Wildman–Crippen MR) is 228 cm³/mol. The van der Waals surface area contributed by atoms with E-state index in [0.717, 1.165) is 39.0 Å². The van der Waals surface area contributed by atoms with Crippen LogP contribution in [0.15, 0.2) is 217 Å². The minimum atomic E-state index is 0.903. The molecule has 0 fully saturated rings. The Morgan fingerprint density at radius 1 is 0.278 bits per heavy atom. The number of hydrogen-bond donors (Lipinski definition) is 0. The minimum absolute atomic E-state index is 0.903. The van der Waals surface area contributed by atoms with Crippen LogP contribution in [0.25, 0.3) is 77.2 Å². The topological polar surface area (TPSA) is 16.4 Å². The summed E-state index contributed by atoms with van der Waals surface area (Å²) in [6.07, 6.45) is 0. The Kier molecular flexibility index (Phi) is 7.85. The fourth-order valence-electron chi connectivity index (χ4n) is 7.71. The zero-order valence-electron chi connectivity index (χ0n) is 29.6. The third-order valence-electron chi connectivity index (χ3n) is 10.5. The lowest BCUT2D eigenvalue weighted by atomic mass is 9.96. The van der Waals surface area contributed by atoms with Crippen molar-refractivity contribution in [3.63, 3.8) is 0 Å². The van der Waals surface area contributed by atoms with Crippen LogP contribution in [0.5, 0.6) is 0 Å². The smallest absolute Gasteiger partial charge is 0.135 e. The maximum absolute atomic E-state index is 6.25. The number of furan rings is 1. The first-order chi connectivity index (χ1) is 26.7. The molecule has 1 heterocycles. The summed E-state index contributed by atoms with van der Waals surface area (Å²) in [6.45, 7) is 0. The Labute approximate surface area is 314 Å². The maximum atomic E-state index is 6.25. The highest BCUT2D eigenvalue weighted by Gasteiger charge is 2.16. The minimum Gasteiger partial charge on any atom is -0.456 e. The van der Waals surface area contributed by atoms with Crippen LogP contribution >= 0.6 is 0 Å². The summed E-state index contributed by atoms with van der Waals surface area (Å²) >= 11 is 0. The van der Waals surface area contributed by atoms with E-state index in [1.165, 1.54) is 55.3 Å². The molecule has 0 unspecified atom stereocenters. The summed E-state index contributed by atoms with van der Waals surface area (Å²) in [5, 5.41) is 4.71. The average molecular weight is 690 g/mol. The monoisotopic (exact) mass is 689 g/mol. The molecule has 54 heavy (non-hydrogen) atoms. The quantitative estimate of drug-likeness (QED) is 0.166. The predicted octanol–water partition coefficient (Wildman–Crippen LogP) is 14.9. The van der Waals surface area contributed by atoms with Crippen LogP contribution in [0.2, 0.25) is 0 Å². The summed E-state index contributed by atoms with van der Waals surface area (Å²) in [7, 11) is 0. The van der Waals surface area contributed by atoms with Crippen LogP contribution in [0.1, 0.15) is 0 Å². The fourth-order valence-corrected chi connectivity index (χ4v) is 7.71. The number of rotatable bonds is 7. The second kappa shape index (κ2) is 13.4. The molecule has 0 amide bonds. The van der Waals surface area contributed by atoms with Crippen molar-refractivity contribution in [1.29, 1.82) is 0 Å². The van der Waals surface area contributed by atoms with Crippen molar-refractivity contribution in [2.75, 3.05) is 4.90 Å². The van der Waals surface area contributed by atoms with E-state index in [1.54, 1.807) is 0 Å². The van der Waals surface area contributed by atoms with E-state index in [9.17, 15) is 0 Å². The molecular formula is C52H35NO. The number of nitrogens with zero attached hydrogens (tertiary/aromatic N) is 1. The first-order valence-electron chi connectivity index (χ1n) is 18.4. The average Bonchev–Trinajstić information content (AvgIpc) is 3.62. The molecule has 0 aliphatic heterocycles. The van der Waals surface area contributed by atoms with Gasteiger partial charge in [-0.3, -0.25) is 0 Å². The van der Waals surface area contributed by atoms with Gasteiger partial charge >= 0.3 is 0 Å². The molecule has 0 bridgehead atoms. The van der Waals surface area contributed by atoms with E-state index in [0.29, 0.717) is 0 Å². The Hall–Kier alpha value is -7.16. The molecule has 0 radical (unpaired) electrons. The van der Waals surface area contributed by atoms with E-state index in [2.05, 4.69) is 217 Å². The van der Waals surface area contributed by atoms with E-state index < -0.39 is 0 Å². The van der Waals surface area contributed by atoms with Gasteiger partial charge in [0.15, 0.2) is 0 Å². The van der Waals surface area contributed by atoms with Crippen molar-refractivity contribution >= 4 is 49.8 Å². The second-order valence-electron chi connectivity index (χ2n) is 13.8. The van der Waals surface area contributed by atoms with Crippen molar-refractivity contribution in [3.8, 4) is 44.5 Å². The van der Waals surface area contributed by atoms with Gasteiger partial charge in [-0.05, 0) is 111 Å². The van der Waals surface area contributed by atoms with Crippen molar-refractivity contribution in [1.82, 2.24) is 0 Å². The van der Waals surface area contributed by atoms with Crippen LogP contribution in [0, 0.1) is 0 Å². The lowest BCUT2D eigenvalue weighted by Crippen LogP contribution is -2.10. The summed E-state index contributed by atoms with van der Waals surface area (Å²) in [5.74, 6) is 0.